The zero-order valence-corrected chi connectivity index (χ0v) is 10.0. The van der Waals surface area contributed by atoms with E-state index in [1.54, 1.807) is 13.1 Å². The van der Waals surface area contributed by atoms with Gasteiger partial charge in [0.2, 0.25) is 0 Å². The molecule has 2 N–H and O–H groups in total. The second kappa shape index (κ2) is 4.21. The summed E-state index contributed by atoms with van der Waals surface area (Å²) >= 11 is 3.23. The first-order valence-corrected chi connectivity index (χ1v) is 5.40. The minimum Gasteiger partial charge on any atom is -0.340 e. The van der Waals surface area contributed by atoms with Gasteiger partial charge in [-0.1, -0.05) is 22.0 Å². The maximum absolute atomic E-state index is 12.9. The number of carbonyl (C=O) groups excluding carboxylic acids is 1. The molecule has 0 saturated carbocycles. The Balaban J connectivity index is 2.35. The SMILES string of the molecule is CN=C1NC(=O)C(c2ccc(F)cc2Br)N1. The van der Waals surface area contributed by atoms with E-state index in [9.17, 15) is 9.18 Å². The standard InChI is InChI=1S/C10H9BrFN3O/c1-13-10-14-8(9(16)15-10)6-3-2-5(12)4-7(6)11/h2-4,8H,1H3,(H2,13,14,15,16). The second-order valence-corrected chi connectivity index (χ2v) is 4.16. The first kappa shape index (κ1) is 11.1. The van der Waals surface area contributed by atoms with Gasteiger partial charge in [0.25, 0.3) is 5.91 Å². The number of nitrogens with zero attached hydrogens (tertiary/aromatic N) is 1. The minimum absolute atomic E-state index is 0.201. The van der Waals surface area contributed by atoms with Crippen LogP contribution in [0.1, 0.15) is 11.6 Å². The average molecular weight is 286 g/mol. The number of nitrogens with one attached hydrogen (secondary N) is 2. The predicted molar refractivity (Wildman–Crippen MR) is 61.5 cm³/mol. The Bertz CT molecular complexity index is 475. The van der Waals surface area contributed by atoms with Crippen molar-refractivity contribution in [1.82, 2.24) is 10.6 Å². The Kier molecular flexibility index (Phi) is 2.91. The van der Waals surface area contributed by atoms with Crippen molar-refractivity contribution in [1.29, 1.82) is 0 Å². The van der Waals surface area contributed by atoms with Crippen molar-refractivity contribution in [3.63, 3.8) is 0 Å². The molecule has 1 amide bonds. The Morgan fingerprint density at radius 3 is 2.81 bits per heavy atom. The number of carbonyl (C=O) groups is 1. The van der Waals surface area contributed by atoms with Crippen molar-refractivity contribution in [2.45, 2.75) is 6.04 Å². The van der Waals surface area contributed by atoms with Gasteiger partial charge in [-0.3, -0.25) is 15.1 Å². The molecule has 16 heavy (non-hydrogen) atoms. The van der Waals surface area contributed by atoms with E-state index in [-0.39, 0.29) is 11.7 Å². The van der Waals surface area contributed by atoms with Gasteiger partial charge in [-0.2, -0.15) is 0 Å². The molecule has 1 fully saturated rings. The quantitative estimate of drug-likeness (QED) is 0.818. The molecule has 6 heteroatoms. The van der Waals surface area contributed by atoms with E-state index < -0.39 is 6.04 Å². The van der Waals surface area contributed by atoms with E-state index >= 15 is 0 Å². The predicted octanol–water partition coefficient (Wildman–Crippen LogP) is 1.33. The van der Waals surface area contributed by atoms with Crippen LogP contribution < -0.4 is 10.6 Å². The van der Waals surface area contributed by atoms with Crippen molar-refractivity contribution >= 4 is 27.8 Å². The Labute approximate surface area is 100 Å². The van der Waals surface area contributed by atoms with Crippen LogP contribution in [-0.4, -0.2) is 18.9 Å². The fourth-order valence-electron chi connectivity index (χ4n) is 1.50. The lowest BCUT2D eigenvalue weighted by Crippen LogP contribution is -2.24. The molecule has 0 aliphatic carbocycles. The summed E-state index contributed by atoms with van der Waals surface area (Å²) in [6, 6.07) is 3.67. The molecule has 1 aliphatic heterocycles. The van der Waals surface area contributed by atoms with Crippen molar-refractivity contribution < 1.29 is 9.18 Å². The summed E-state index contributed by atoms with van der Waals surface area (Å²) in [5.41, 5.74) is 0.678. The van der Waals surface area contributed by atoms with Gasteiger partial charge in [0.1, 0.15) is 11.9 Å². The summed E-state index contributed by atoms with van der Waals surface area (Å²) < 4.78 is 13.5. The van der Waals surface area contributed by atoms with Crippen molar-refractivity contribution in [3.05, 3.63) is 34.1 Å². The lowest BCUT2D eigenvalue weighted by molar-refractivity contribution is -0.120. The maximum atomic E-state index is 12.9. The topological polar surface area (TPSA) is 53.5 Å². The molecular formula is C10H9BrFN3O. The molecule has 0 spiro atoms. The maximum Gasteiger partial charge on any atom is 0.253 e. The fourth-order valence-corrected chi connectivity index (χ4v) is 2.08. The van der Waals surface area contributed by atoms with Crippen LogP contribution in [0.25, 0.3) is 0 Å². The summed E-state index contributed by atoms with van der Waals surface area (Å²) in [7, 11) is 1.57. The third-order valence-electron chi connectivity index (χ3n) is 2.28. The highest BCUT2D eigenvalue weighted by molar-refractivity contribution is 9.10. The number of benzene rings is 1. The number of halogens is 2. The highest BCUT2D eigenvalue weighted by atomic mass is 79.9. The molecule has 1 unspecified atom stereocenters. The van der Waals surface area contributed by atoms with Crippen LogP contribution in [0.3, 0.4) is 0 Å². The Morgan fingerprint density at radius 1 is 1.50 bits per heavy atom. The lowest BCUT2D eigenvalue weighted by atomic mass is 10.1. The summed E-state index contributed by atoms with van der Waals surface area (Å²) in [5, 5.41) is 5.48. The van der Waals surface area contributed by atoms with E-state index in [0.29, 0.717) is 16.0 Å². The van der Waals surface area contributed by atoms with E-state index in [1.165, 1.54) is 12.1 Å². The van der Waals surface area contributed by atoms with Crippen molar-refractivity contribution in [3.8, 4) is 0 Å². The normalized spacial score (nSPS) is 22.1. The van der Waals surface area contributed by atoms with Gasteiger partial charge in [-0.15, -0.1) is 0 Å². The van der Waals surface area contributed by atoms with E-state index in [4.69, 9.17) is 0 Å². The molecular weight excluding hydrogens is 277 g/mol. The largest absolute Gasteiger partial charge is 0.340 e. The molecule has 4 nitrogen and oxygen atoms in total. The van der Waals surface area contributed by atoms with Gasteiger partial charge < -0.3 is 5.32 Å². The van der Waals surface area contributed by atoms with E-state index in [2.05, 4.69) is 31.6 Å². The molecule has 0 bridgehead atoms. The van der Waals surface area contributed by atoms with Gasteiger partial charge >= 0.3 is 0 Å². The van der Waals surface area contributed by atoms with Gasteiger partial charge in [0.05, 0.1) is 0 Å². The van der Waals surface area contributed by atoms with Crippen molar-refractivity contribution in [2.24, 2.45) is 4.99 Å². The van der Waals surface area contributed by atoms with Crippen LogP contribution in [0.2, 0.25) is 0 Å². The van der Waals surface area contributed by atoms with Gasteiger partial charge in [-0.25, -0.2) is 4.39 Å². The van der Waals surface area contributed by atoms with E-state index in [1.807, 2.05) is 0 Å². The molecule has 0 aromatic heterocycles. The van der Waals surface area contributed by atoms with Crippen LogP contribution in [0.15, 0.2) is 27.7 Å². The highest BCUT2D eigenvalue weighted by Crippen LogP contribution is 2.26. The second-order valence-electron chi connectivity index (χ2n) is 3.30. The van der Waals surface area contributed by atoms with Crippen LogP contribution >= 0.6 is 15.9 Å². The van der Waals surface area contributed by atoms with Crippen LogP contribution in [0, 0.1) is 5.82 Å². The summed E-state index contributed by atoms with van der Waals surface area (Å²) in [6.45, 7) is 0. The van der Waals surface area contributed by atoms with Crippen LogP contribution in [0.4, 0.5) is 4.39 Å². The van der Waals surface area contributed by atoms with Gasteiger partial charge in [-0.05, 0) is 17.7 Å². The molecule has 1 aliphatic rings. The van der Waals surface area contributed by atoms with Gasteiger partial charge in [0, 0.05) is 11.5 Å². The smallest absolute Gasteiger partial charge is 0.253 e. The Hall–Kier alpha value is -1.43. The number of hydrogen-bond donors (Lipinski definition) is 2. The molecule has 0 radical (unpaired) electrons. The number of aliphatic imine (C=N–C) groups is 1. The number of amides is 1. The third-order valence-corrected chi connectivity index (χ3v) is 2.97. The number of guanidine groups is 1. The molecule has 1 heterocycles. The van der Waals surface area contributed by atoms with Crippen LogP contribution in [0.5, 0.6) is 0 Å². The average Bonchev–Trinajstić information content (AvgIpc) is 2.60. The molecule has 2 rings (SSSR count). The monoisotopic (exact) mass is 285 g/mol. The number of hydrogen-bond acceptors (Lipinski definition) is 2. The highest BCUT2D eigenvalue weighted by Gasteiger charge is 2.30. The summed E-state index contributed by atoms with van der Waals surface area (Å²) in [4.78, 5) is 15.5. The zero-order valence-electron chi connectivity index (χ0n) is 8.42. The molecule has 1 saturated heterocycles. The minimum atomic E-state index is -0.534. The molecule has 1 aromatic carbocycles. The zero-order chi connectivity index (χ0) is 11.7. The first-order valence-electron chi connectivity index (χ1n) is 4.61. The first-order chi connectivity index (χ1) is 7.61. The lowest BCUT2D eigenvalue weighted by Gasteiger charge is -2.10. The molecule has 84 valence electrons. The van der Waals surface area contributed by atoms with E-state index in [0.717, 1.165) is 0 Å². The molecule has 1 aromatic rings. The van der Waals surface area contributed by atoms with Gasteiger partial charge in [0.15, 0.2) is 5.96 Å². The molecule has 1 atom stereocenters. The number of rotatable bonds is 1. The van der Waals surface area contributed by atoms with Crippen molar-refractivity contribution in [2.75, 3.05) is 7.05 Å². The Morgan fingerprint density at radius 2 is 2.25 bits per heavy atom. The van der Waals surface area contributed by atoms with Crippen LogP contribution in [-0.2, 0) is 4.79 Å². The summed E-state index contributed by atoms with van der Waals surface area (Å²) in [5.74, 6) is -0.127. The summed E-state index contributed by atoms with van der Waals surface area (Å²) in [6.07, 6.45) is 0. The fraction of sp³-hybridized carbons (Fsp3) is 0.200. The third kappa shape index (κ3) is 1.92.